The summed E-state index contributed by atoms with van der Waals surface area (Å²) in [6.07, 6.45) is 39.3. The molecule has 1 aromatic carbocycles. The fourth-order valence-corrected chi connectivity index (χ4v) is 11.8. The standard InChI is InChI=1S/C52H67N3O/c1-9-35(4)48(24-17-33-53(6)11-3)56-51-39(25-28-40-34-45-42-21-14-12-18-37(42)20-16-23-46(45)54(40)7)26-29-41-36(5)52(10-2)49(32-30-44(41)51)55(8)47-31-27-38-19-13-15-22-43(38)50(47)52/h11-22,27,30-31,33,35-36,38,41,43,48-49H,9-10,23-26,28-29,32,34H2,1-8H3/q+2/b33-17-,53-11?/t35?,36?,38-,41-,43?,48?,49?,52?/m0/s1. The van der Waals surface area contributed by atoms with E-state index in [1.165, 1.54) is 52.3 Å². The minimum absolute atomic E-state index is 0.121. The van der Waals surface area contributed by atoms with Crippen molar-refractivity contribution in [3.63, 3.8) is 0 Å². The summed E-state index contributed by atoms with van der Waals surface area (Å²) >= 11 is 0. The lowest BCUT2D eigenvalue weighted by atomic mass is 9.56. The number of likely N-dealkylation sites (N-methyl/N-ethyl adjacent to an activating group) is 1. The third-order valence-electron chi connectivity index (χ3n) is 15.4. The van der Waals surface area contributed by atoms with E-state index in [0.29, 0.717) is 35.6 Å². The van der Waals surface area contributed by atoms with Crippen LogP contribution in [0.3, 0.4) is 0 Å². The highest BCUT2D eigenvalue weighted by Gasteiger charge is 2.58. The highest BCUT2D eigenvalue weighted by molar-refractivity contribution is 5.96. The van der Waals surface area contributed by atoms with Gasteiger partial charge in [-0.1, -0.05) is 107 Å². The van der Waals surface area contributed by atoms with Gasteiger partial charge in [0.25, 0.3) is 0 Å². The SMILES string of the molecule is CC=[N+](C)/C=C\CC(OC1=C(CCC2=[N+](C)C3=C(C2)c2ccccc2C=CC3)CC[C@@H]2C1=CCC1N(C)C3=C(C4C=CC=C[C@H]4C=C3)C1(CC)C2C)C(C)CC. The summed E-state index contributed by atoms with van der Waals surface area (Å²) in [7, 11) is 6.82. The molecule has 2 aliphatic heterocycles. The first kappa shape index (κ1) is 38.7. The molecule has 5 aliphatic carbocycles. The van der Waals surface area contributed by atoms with E-state index < -0.39 is 0 Å². The topological polar surface area (TPSA) is 18.5 Å². The Morgan fingerprint density at radius 1 is 1.09 bits per heavy atom. The van der Waals surface area contributed by atoms with Crippen molar-refractivity contribution in [2.75, 3.05) is 21.1 Å². The molecular weight excluding hydrogens is 683 g/mol. The zero-order chi connectivity index (χ0) is 39.1. The van der Waals surface area contributed by atoms with Gasteiger partial charge in [0.1, 0.15) is 32.2 Å². The number of rotatable bonds is 11. The van der Waals surface area contributed by atoms with Crippen molar-refractivity contribution < 1.29 is 13.9 Å². The maximum atomic E-state index is 7.59. The monoisotopic (exact) mass is 750 g/mol. The molecule has 1 aromatic rings. The van der Waals surface area contributed by atoms with Gasteiger partial charge < -0.3 is 9.64 Å². The maximum absolute atomic E-state index is 7.59. The summed E-state index contributed by atoms with van der Waals surface area (Å²) < 4.78 is 12.3. The van der Waals surface area contributed by atoms with Crippen LogP contribution in [0.1, 0.15) is 110 Å². The molecule has 56 heavy (non-hydrogen) atoms. The Kier molecular flexibility index (Phi) is 11.0. The zero-order valence-corrected chi connectivity index (χ0v) is 35.6. The van der Waals surface area contributed by atoms with Crippen molar-refractivity contribution in [3.05, 3.63) is 130 Å². The number of allylic oxidation sites excluding steroid dienone is 10. The Labute approximate surface area is 338 Å². The van der Waals surface area contributed by atoms with Crippen molar-refractivity contribution in [1.29, 1.82) is 0 Å². The van der Waals surface area contributed by atoms with Crippen LogP contribution in [0, 0.1) is 35.0 Å². The molecule has 0 aromatic heterocycles. The summed E-state index contributed by atoms with van der Waals surface area (Å²) in [4.78, 5) is 2.68. The number of fused-ring (bicyclic) bond motifs is 7. The number of hydrogen-bond acceptors (Lipinski definition) is 2. The van der Waals surface area contributed by atoms with Gasteiger partial charge in [-0.05, 0) is 89.9 Å². The van der Waals surface area contributed by atoms with Gasteiger partial charge in [-0.2, -0.15) is 0 Å². The molecule has 2 heterocycles. The Morgan fingerprint density at radius 2 is 1.91 bits per heavy atom. The molecule has 0 fully saturated rings. The Hall–Kier alpha value is -4.18. The highest BCUT2D eigenvalue weighted by Crippen LogP contribution is 2.63. The molecule has 0 radical (unpaired) electrons. The second kappa shape index (κ2) is 16.0. The van der Waals surface area contributed by atoms with Gasteiger partial charge in [0.15, 0.2) is 17.6 Å². The number of benzene rings is 1. The smallest absolute Gasteiger partial charge is 0.189 e. The lowest BCUT2D eigenvalue weighted by molar-refractivity contribution is -0.442. The summed E-state index contributed by atoms with van der Waals surface area (Å²) in [6.45, 7) is 11.9. The molecule has 0 spiro atoms. The molecule has 8 rings (SSSR count). The minimum Gasteiger partial charge on any atom is -0.490 e. The van der Waals surface area contributed by atoms with Crippen molar-refractivity contribution in [1.82, 2.24) is 4.90 Å². The van der Waals surface area contributed by atoms with Crippen molar-refractivity contribution in [2.24, 2.45) is 35.0 Å². The minimum atomic E-state index is 0.121. The van der Waals surface area contributed by atoms with E-state index in [0.717, 1.165) is 51.4 Å². The van der Waals surface area contributed by atoms with Crippen molar-refractivity contribution >= 4 is 23.6 Å². The van der Waals surface area contributed by atoms with Gasteiger partial charge in [0, 0.05) is 61.4 Å². The predicted molar refractivity (Wildman–Crippen MR) is 235 cm³/mol. The van der Waals surface area contributed by atoms with Gasteiger partial charge in [-0.25, -0.2) is 9.15 Å². The van der Waals surface area contributed by atoms with E-state index in [-0.39, 0.29) is 11.5 Å². The summed E-state index contributed by atoms with van der Waals surface area (Å²) in [5.74, 6) is 3.61. The fraction of sp³-hybridized carbons (Fsp3) is 0.500. The van der Waals surface area contributed by atoms with Gasteiger partial charge in [0.05, 0.1) is 12.8 Å². The second-order valence-electron chi connectivity index (χ2n) is 17.8. The normalized spacial score (nSPS) is 30.5. The summed E-state index contributed by atoms with van der Waals surface area (Å²) in [5.41, 5.74) is 13.7. The molecule has 294 valence electrons. The van der Waals surface area contributed by atoms with Crippen molar-refractivity contribution in [3.8, 4) is 0 Å². The van der Waals surface area contributed by atoms with Crippen LogP contribution in [-0.2, 0) is 4.74 Å². The number of ether oxygens (including phenoxy) is 1. The molecule has 4 heteroatoms. The Bertz CT molecular complexity index is 2070. The molecule has 8 atom stereocenters. The molecule has 0 bridgehead atoms. The van der Waals surface area contributed by atoms with Crippen molar-refractivity contribution in [2.45, 2.75) is 111 Å². The van der Waals surface area contributed by atoms with Crippen LogP contribution in [0.5, 0.6) is 0 Å². The molecule has 0 saturated carbocycles. The summed E-state index contributed by atoms with van der Waals surface area (Å²) in [5, 5.41) is 0. The van der Waals surface area contributed by atoms with E-state index in [2.05, 4.69) is 167 Å². The quantitative estimate of drug-likeness (QED) is 0.166. The predicted octanol–water partition coefficient (Wildman–Crippen LogP) is 11.7. The van der Waals surface area contributed by atoms with E-state index in [9.17, 15) is 0 Å². The Morgan fingerprint density at radius 3 is 2.71 bits per heavy atom. The molecular formula is C52H67N3O+2. The third-order valence-corrected chi connectivity index (χ3v) is 15.4. The molecule has 0 N–H and O–H groups in total. The van der Waals surface area contributed by atoms with Gasteiger partial charge >= 0.3 is 0 Å². The Balaban J connectivity index is 1.15. The molecule has 0 saturated heterocycles. The van der Waals surface area contributed by atoms with Crippen LogP contribution in [-0.4, -0.2) is 59.3 Å². The molecule has 4 nitrogen and oxygen atoms in total. The third kappa shape index (κ3) is 6.53. The summed E-state index contributed by atoms with van der Waals surface area (Å²) in [6, 6.07) is 9.42. The van der Waals surface area contributed by atoms with E-state index >= 15 is 0 Å². The van der Waals surface area contributed by atoms with Gasteiger partial charge in [-0.15, -0.1) is 0 Å². The van der Waals surface area contributed by atoms with Crippen LogP contribution in [0.25, 0.3) is 11.6 Å². The highest BCUT2D eigenvalue weighted by atomic mass is 16.5. The van der Waals surface area contributed by atoms with Crippen LogP contribution < -0.4 is 0 Å². The average molecular weight is 750 g/mol. The number of hydrogen-bond donors (Lipinski definition) is 0. The molecule has 7 aliphatic rings. The first-order valence-electron chi connectivity index (χ1n) is 22.1. The largest absolute Gasteiger partial charge is 0.490 e. The van der Waals surface area contributed by atoms with Crippen LogP contribution in [0.15, 0.2) is 119 Å². The molecule has 6 unspecified atom stereocenters. The van der Waals surface area contributed by atoms with Crippen LogP contribution >= 0.6 is 0 Å². The van der Waals surface area contributed by atoms with Crippen LogP contribution in [0.2, 0.25) is 0 Å². The van der Waals surface area contributed by atoms with Crippen LogP contribution in [0.4, 0.5) is 0 Å². The fourth-order valence-electron chi connectivity index (χ4n) is 11.8. The van der Waals surface area contributed by atoms with Gasteiger partial charge in [-0.3, -0.25) is 0 Å². The average Bonchev–Trinajstić information content (AvgIpc) is 3.52. The first-order valence-corrected chi connectivity index (χ1v) is 22.1. The first-order chi connectivity index (χ1) is 27.2. The lowest BCUT2D eigenvalue weighted by Gasteiger charge is -2.48. The van der Waals surface area contributed by atoms with Gasteiger partial charge in [0.2, 0.25) is 0 Å². The maximum Gasteiger partial charge on any atom is 0.189 e. The van der Waals surface area contributed by atoms with E-state index in [1.54, 1.807) is 16.9 Å². The lowest BCUT2D eigenvalue weighted by Crippen LogP contribution is -2.47. The second-order valence-corrected chi connectivity index (χ2v) is 17.8. The number of nitrogens with zero attached hydrogens (tertiary/aromatic N) is 3. The van der Waals surface area contributed by atoms with E-state index in [4.69, 9.17) is 4.74 Å². The van der Waals surface area contributed by atoms with E-state index in [1.807, 2.05) is 0 Å². The zero-order valence-electron chi connectivity index (χ0n) is 35.6. The molecule has 0 amide bonds.